The molecular formula is C7H7NO2. The van der Waals surface area contributed by atoms with Crippen LogP contribution in [0.25, 0.3) is 0 Å². The van der Waals surface area contributed by atoms with E-state index in [0.29, 0.717) is 5.69 Å². The summed E-state index contributed by atoms with van der Waals surface area (Å²) in [7, 11) is 0. The summed E-state index contributed by atoms with van der Waals surface area (Å²) in [5, 5.41) is 8.84. The van der Waals surface area contributed by atoms with Gasteiger partial charge in [-0.25, -0.2) is 0 Å². The molecule has 0 atom stereocenters. The smallest absolute Gasteiger partial charge is 0.220 e. The van der Waals surface area contributed by atoms with Crippen LogP contribution in [-0.2, 0) is 0 Å². The highest BCUT2D eigenvalue weighted by Crippen LogP contribution is 2.01. The number of aromatic hydroxyl groups is 1. The van der Waals surface area contributed by atoms with Crippen LogP contribution in [0.3, 0.4) is 0 Å². The first-order valence-electron chi connectivity index (χ1n) is 2.79. The minimum absolute atomic E-state index is 0.281. The molecule has 0 aliphatic carbocycles. The molecule has 0 radical (unpaired) electrons. The molecule has 0 fully saturated rings. The quantitative estimate of drug-likeness (QED) is 0.541. The van der Waals surface area contributed by atoms with Crippen molar-refractivity contribution >= 4 is 5.69 Å². The van der Waals surface area contributed by atoms with Gasteiger partial charge in [-0.1, -0.05) is 0 Å². The molecule has 3 nitrogen and oxygen atoms in total. The van der Waals surface area contributed by atoms with E-state index in [4.69, 9.17) is 10.8 Å². The molecule has 1 aromatic carbocycles. The summed E-state index contributed by atoms with van der Waals surface area (Å²) in [4.78, 5) is 10.7. The molecule has 52 valence electrons. The summed E-state index contributed by atoms with van der Waals surface area (Å²) in [6, 6.07) is 5.42. The minimum atomic E-state index is -0.420. The van der Waals surface area contributed by atoms with Crippen molar-refractivity contribution in [1.29, 1.82) is 0 Å². The zero-order valence-electron chi connectivity index (χ0n) is 5.24. The lowest BCUT2D eigenvalue weighted by atomic mass is 10.4. The number of nitrogens with two attached hydrogens (primary N) is 1. The molecule has 0 amide bonds. The van der Waals surface area contributed by atoms with Crippen molar-refractivity contribution in [3.63, 3.8) is 0 Å². The number of hydrogen-bond donors (Lipinski definition) is 2. The predicted octanol–water partition coefficient (Wildman–Crippen LogP) is 0.335. The van der Waals surface area contributed by atoms with Crippen LogP contribution in [0.4, 0.5) is 5.69 Å². The largest absolute Gasteiger partial charge is 0.504 e. The lowest BCUT2D eigenvalue weighted by Gasteiger charge is -1.77. The van der Waals surface area contributed by atoms with E-state index in [1.54, 1.807) is 0 Å². The number of anilines is 1. The summed E-state index contributed by atoms with van der Waals surface area (Å²) in [5.74, 6) is -0.281. The van der Waals surface area contributed by atoms with Gasteiger partial charge in [0.25, 0.3) is 0 Å². The molecule has 0 saturated heterocycles. The van der Waals surface area contributed by atoms with Crippen molar-refractivity contribution in [1.82, 2.24) is 0 Å². The average Bonchev–Trinajstić information content (AvgIpc) is 2.04. The van der Waals surface area contributed by atoms with E-state index in [2.05, 4.69) is 0 Å². The van der Waals surface area contributed by atoms with Crippen LogP contribution in [0.5, 0.6) is 5.75 Å². The van der Waals surface area contributed by atoms with E-state index in [1.807, 2.05) is 0 Å². The van der Waals surface area contributed by atoms with Crippen LogP contribution in [0.2, 0.25) is 0 Å². The Morgan fingerprint density at radius 1 is 1.20 bits per heavy atom. The van der Waals surface area contributed by atoms with Gasteiger partial charge in [0.1, 0.15) is 0 Å². The summed E-state index contributed by atoms with van der Waals surface area (Å²) in [5.41, 5.74) is 5.36. The highest BCUT2D eigenvalue weighted by atomic mass is 16.3. The predicted molar refractivity (Wildman–Crippen MR) is 38.8 cm³/mol. The topological polar surface area (TPSA) is 63.3 Å². The Bertz CT molecular complexity index is 296. The fourth-order valence-corrected chi connectivity index (χ4v) is 0.570. The summed E-state index contributed by atoms with van der Waals surface area (Å²) >= 11 is 0. The fourth-order valence-electron chi connectivity index (χ4n) is 0.570. The number of hydrogen-bond acceptors (Lipinski definition) is 3. The maximum absolute atomic E-state index is 10.7. The summed E-state index contributed by atoms with van der Waals surface area (Å²) in [6.45, 7) is 0. The van der Waals surface area contributed by atoms with Crippen molar-refractivity contribution < 1.29 is 5.11 Å². The first-order valence-corrected chi connectivity index (χ1v) is 2.79. The first-order chi connectivity index (χ1) is 4.70. The second kappa shape index (κ2) is 2.39. The van der Waals surface area contributed by atoms with E-state index in [9.17, 15) is 4.79 Å². The number of rotatable bonds is 0. The van der Waals surface area contributed by atoms with E-state index in [-0.39, 0.29) is 5.75 Å². The summed E-state index contributed by atoms with van der Waals surface area (Å²) < 4.78 is 0. The van der Waals surface area contributed by atoms with Gasteiger partial charge in [-0.2, -0.15) is 0 Å². The zero-order chi connectivity index (χ0) is 7.56. The van der Waals surface area contributed by atoms with Gasteiger partial charge < -0.3 is 10.8 Å². The molecule has 10 heavy (non-hydrogen) atoms. The molecule has 0 saturated carbocycles. The normalized spacial score (nSPS) is 9.20. The van der Waals surface area contributed by atoms with Gasteiger partial charge in [0, 0.05) is 5.69 Å². The van der Waals surface area contributed by atoms with Crippen molar-refractivity contribution in [3.8, 4) is 5.75 Å². The van der Waals surface area contributed by atoms with Crippen LogP contribution < -0.4 is 11.2 Å². The molecule has 0 bridgehead atoms. The zero-order valence-corrected chi connectivity index (χ0v) is 5.24. The van der Waals surface area contributed by atoms with Gasteiger partial charge in [-0.15, -0.1) is 0 Å². The van der Waals surface area contributed by atoms with Gasteiger partial charge in [0.2, 0.25) is 5.43 Å². The van der Waals surface area contributed by atoms with Gasteiger partial charge in [-0.3, -0.25) is 4.79 Å². The lowest BCUT2D eigenvalue weighted by molar-refractivity contribution is 0.471. The molecule has 3 heteroatoms. The van der Waals surface area contributed by atoms with Gasteiger partial charge in [-0.05, 0) is 24.3 Å². The van der Waals surface area contributed by atoms with Crippen LogP contribution in [0, 0.1) is 0 Å². The van der Waals surface area contributed by atoms with Gasteiger partial charge in [0.05, 0.1) is 0 Å². The molecule has 0 aliphatic heterocycles. The Morgan fingerprint density at radius 2 is 1.80 bits per heavy atom. The third-order valence-electron chi connectivity index (χ3n) is 1.11. The molecule has 0 spiro atoms. The van der Waals surface area contributed by atoms with Crippen molar-refractivity contribution in [2.75, 3.05) is 5.73 Å². The Morgan fingerprint density at radius 3 is 2.50 bits per heavy atom. The van der Waals surface area contributed by atoms with E-state index in [1.165, 1.54) is 24.3 Å². The SMILES string of the molecule is Nc1ccc(O)c(=O)cc1. The fraction of sp³-hybridized carbons (Fsp3) is 0. The van der Waals surface area contributed by atoms with Crippen LogP contribution in [-0.4, -0.2) is 5.11 Å². The Balaban J connectivity index is 3.43. The molecule has 0 unspecified atom stereocenters. The molecule has 0 aromatic heterocycles. The Hall–Kier alpha value is -1.51. The summed E-state index contributed by atoms with van der Waals surface area (Å²) in [6.07, 6.45) is 0. The first kappa shape index (κ1) is 6.61. The lowest BCUT2D eigenvalue weighted by Crippen LogP contribution is -1.91. The molecular weight excluding hydrogens is 130 g/mol. The third kappa shape index (κ3) is 1.25. The minimum Gasteiger partial charge on any atom is -0.504 e. The molecule has 1 aromatic rings. The van der Waals surface area contributed by atoms with E-state index < -0.39 is 5.43 Å². The van der Waals surface area contributed by atoms with Crippen LogP contribution in [0.1, 0.15) is 0 Å². The van der Waals surface area contributed by atoms with E-state index >= 15 is 0 Å². The van der Waals surface area contributed by atoms with Gasteiger partial charge >= 0.3 is 0 Å². The Kier molecular flexibility index (Phi) is 1.58. The number of nitrogen functional groups attached to an aromatic ring is 1. The van der Waals surface area contributed by atoms with E-state index in [0.717, 1.165) is 0 Å². The highest BCUT2D eigenvalue weighted by molar-refractivity contribution is 5.38. The van der Waals surface area contributed by atoms with Crippen molar-refractivity contribution in [3.05, 3.63) is 34.5 Å². The average molecular weight is 137 g/mol. The molecule has 3 N–H and O–H groups in total. The van der Waals surface area contributed by atoms with Crippen molar-refractivity contribution in [2.24, 2.45) is 0 Å². The maximum atomic E-state index is 10.7. The van der Waals surface area contributed by atoms with Crippen LogP contribution in [0.15, 0.2) is 29.1 Å². The third-order valence-corrected chi connectivity index (χ3v) is 1.11. The second-order valence-electron chi connectivity index (χ2n) is 1.92. The Labute approximate surface area is 57.7 Å². The van der Waals surface area contributed by atoms with Crippen molar-refractivity contribution in [2.45, 2.75) is 0 Å². The standard InChI is InChI=1S/C7H7NO2/c8-5-1-3-6(9)7(10)4-2-5/h1-4H,8H2,(H,9,10). The monoisotopic (exact) mass is 137 g/mol. The molecule has 0 heterocycles. The maximum Gasteiger partial charge on any atom is 0.220 e. The highest BCUT2D eigenvalue weighted by Gasteiger charge is 1.89. The molecule has 0 aliphatic rings. The molecule has 1 rings (SSSR count). The van der Waals surface area contributed by atoms with Crippen LogP contribution >= 0.6 is 0 Å². The van der Waals surface area contributed by atoms with Gasteiger partial charge in [0.15, 0.2) is 5.75 Å². The second-order valence-corrected chi connectivity index (χ2v) is 1.92.